The minimum atomic E-state index is -0.389. The van der Waals surface area contributed by atoms with Crippen LogP contribution in [-0.4, -0.2) is 46.2 Å². The molecule has 1 aliphatic heterocycles. The van der Waals surface area contributed by atoms with Crippen molar-refractivity contribution in [3.05, 3.63) is 133 Å². The molecule has 1 aliphatic rings. The Morgan fingerprint density at radius 1 is 0.738 bits per heavy atom. The molecule has 214 valence electrons. The molecule has 0 radical (unpaired) electrons. The maximum absolute atomic E-state index is 11.4. The van der Waals surface area contributed by atoms with Gasteiger partial charge in [0, 0.05) is 36.3 Å². The predicted molar refractivity (Wildman–Crippen MR) is 172 cm³/mol. The van der Waals surface area contributed by atoms with Crippen LogP contribution in [0.1, 0.15) is 39.8 Å². The van der Waals surface area contributed by atoms with E-state index < -0.39 is 0 Å². The van der Waals surface area contributed by atoms with Crippen molar-refractivity contribution in [3.63, 3.8) is 0 Å². The van der Waals surface area contributed by atoms with Gasteiger partial charge < -0.3 is 9.80 Å². The Morgan fingerprint density at radius 3 is 1.88 bits per heavy atom. The summed E-state index contributed by atoms with van der Waals surface area (Å²) in [5, 5.41) is 11.9. The Bertz CT molecular complexity index is 1620. The van der Waals surface area contributed by atoms with Crippen LogP contribution in [0.3, 0.4) is 0 Å². The lowest BCUT2D eigenvalue weighted by atomic mass is 10.1. The highest BCUT2D eigenvalue weighted by molar-refractivity contribution is 6.33. The van der Waals surface area contributed by atoms with E-state index in [1.807, 2.05) is 38.1 Å². The standard InChI is InChI=1S/C34H34ClN5O2/c1-23-20-26(4)32(30(35)21-23)37-34(28-14-16-29(17-15-28)40(41)42)39-19-9-18-38(22-39)33(27-12-6-5-7-13-27)36-31-24(2)10-8-11-25(31)3/h5-8,10-17,20-21H,9,18-19,22H2,1-4H3. The number of nitrogens with zero attached hydrogens (tertiary/aromatic N) is 5. The number of nitro groups is 1. The third-order valence-electron chi connectivity index (χ3n) is 7.44. The van der Waals surface area contributed by atoms with Crippen LogP contribution in [0.2, 0.25) is 5.02 Å². The lowest BCUT2D eigenvalue weighted by Gasteiger charge is -2.39. The molecule has 0 N–H and O–H groups in total. The summed E-state index contributed by atoms with van der Waals surface area (Å²) in [5.41, 5.74) is 7.79. The van der Waals surface area contributed by atoms with E-state index in [1.165, 1.54) is 12.1 Å². The Labute approximate surface area is 252 Å². The van der Waals surface area contributed by atoms with Gasteiger partial charge in [-0.15, -0.1) is 0 Å². The maximum Gasteiger partial charge on any atom is 0.269 e. The first-order valence-corrected chi connectivity index (χ1v) is 14.4. The zero-order valence-electron chi connectivity index (χ0n) is 24.3. The number of benzene rings is 4. The second-order valence-electron chi connectivity index (χ2n) is 10.7. The van der Waals surface area contributed by atoms with Crippen LogP contribution < -0.4 is 0 Å². The Morgan fingerprint density at radius 2 is 1.31 bits per heavy atom. The summed E-state index contributed by atoms with van der Waals surface area (Å²) in [6, 6.07) is 27.0. The number of hydrogen-bond donors (Lipinski definition) is 0. The van der Waals surface area contributed by atoms with E-state index in [-0.39, 0.29) is 10.6 Å². The summed E-state index contributed by atoms with van der Waals surface area (Å²) in [6.45, 7) is 10.3. The van der Waals surface area contributed by atoms with Gasteiger partial charge in [0.25, 0.3) is 5.69 Å². The maximum atomic E-state index is 11.4. The van der Waals surface area contributed by atoms with E-state index in [4.69, 9.17) is 21.6 Å². The highest BCUT2D eigenvalue weighted by Gasteiger charge is 2.26. The van der Waals surface area contributed by atoms with Crippen LogP contribution in [-0.2, 0) is 0 Å². The van der Waals surface area contributed by atoms with Gasteiger partial charge in [-0.3, -0.25) is 10.1 Å². The van der Waals surface area contributed by atoms with Gasteiger partial charge in [-0.05, 0) is 74.6 Å². The van der Waals surface area contributed by atoms with Gasteiger partial charge in [0.05, 0.1) is 28.0 Å². The van der Waals surface area contributed by atoms with E-state index in [0.29, 0.717) is 23.2 Å². The number of aliphatic imine (C=N–C) groups is 2. The lowest BCUT2D eigenvalue weighted by molar-refractivity contribution is -0.384. The summed E-state index contributed by atoms with van der Waals surface area (Å²) in [6.07, 6.45) is 0.880. The number of rotatable bonds is 5. The highest BCUT2D eigenvalue weighted by atomic mass is 35.5. The Balaban J connectivity index is 1.60. The molecule has 0 saturated carbocycles. The van der Waals surface area contributed by atoms with Crippen molar-refractivity contribution in [1.82, 2.24) is 9.80 Å². The van der Waals surface area contributed by atoms with Crippen molar-refractivity contribution in [2.45, 2.75) is 34.1 Å². The second kappa shape index (κ2) is 12.6. The molecule has 0 bridgehead atoms. The predicted octanol–water partition coefficient (Wildman–Crippen LogP) is 8.30. The summed E-state index contributed by atoms with van der Waals surface area (Å²) >= 11 is 6.71. The smallest absolute Gasteiger partial charge is 0.269 e. The molecular weight excluding hydrogens is 546 g/mol. The molecule has 4 aromatic carbocycles. The van der Waals surface area contributed by atoms with E-state index in [1.54, 1.807) is 12.1 Å². The normalized spacial score (nSPS) is 14.3. The molecule has 1 heterocycles. The number of hydrogen-bond acceptors (Lipinski definition) is 4. The van der Waals surface area contributed by atoms with Crippen LogP contribution in [0.25, 0.3) is 0 Å². The molecule has 1 saturated heterocycles. The molecule has 1 fully saturated rings. The fourth-order valence-electron chi connectivity index (χ4n) is 5.34. The first-order valence-electron chi connectivity index (χ1n) is 14.0. The topological polar surface area (TPSA) is 74.3 Å². The molecular formula is C34H34ClN5O2. The zero-order chi connectivity index (χ0) is 29.8. The number of non-ortho nitro benzene ring substituents is 1. The molecule has 8 heteroatoms. The number of halogens is 1. The van der Waals surface area contributed by atoms with Crippen molar-refractivity contribution >= 4 is 40.3 Å². The summed E-state index contributed by atoms with van der Waals surface area (Å²) in [7, 11) is 0. The van der Waals surface area contributed by atoms with Crippen molar-refractivity contribution in [3.8, 4) is 0 Å². The van der Waals surface area contributed by atoms with Crippen molar-refractivity contribution in [2.75, 3.05) is 19.8 Å². The molecule has 5 rings (SSSR count). The molecule has 0 aromatic heterocycles. The van der Waals surface area contributed by atoms with Gasteiger partial charge in [-0.25, -0.2) is 9.98 Å². The van der Waals surface area contributed by atoms with Gasteiger partial charge in [0.15, 0.2) is 0 Å². The molecule has 7 nitrogen and oxygen atoms in total. The lowest BCUT2D eigenvalue weighted by Crippen LogP contribution is -2.50. The minimum Gasteiger partial charge on any atom is -0.338 e. The largest absolute Gasteiger partial charge is 0.338 e. The molecule has 0 aliphatic carbocycles. The van der Waals surface area contributed by atoms with Gasteiger partial charge in [-0.2, -0.15) is 0 Å². The monoisotopic (exact) mass is 579 g/mol. The van der Waals surface area contributed by atoms with Gasteiger partial charge >= 0.3 is 0 Å². The van der Waals surface area contributed by atoms with Crippen LogP contribution in [0.5, 0.6) is 0 Å². The van der Waals surface area contributed by atoms with Gasteiger partial charge in [-0.1, -0.05) is 66.2 Å². The van der Waals surface area contributed by atoms with Crippen LogP contribution >= 0.6 is 11.6 Å². The van der Waals surface area contributed by atoms with Crippen LogP contribution in [0, 0.1) is 37.8 Å². The van der Waals surface area contributed by atoms with Gasteiger partial charge in [0.2, 0.25) is 0 Å². The second-order valence-corrected chi connectivity index (χ2v) is 11.1. The Kier molecular flexibility index (Phi) is 8.69. The first kappa shape index (κ1) is 29.0. The number of para-hydroxylation sites is 1. The SMILES string of the molecule is Cc1cc(C)c(N=C(c2ccc([N+](=O)[O-])cc2)N2CCCN(C(=Nc3c(C)cccc3C)c3ccccc3)C2)c(Cl)c1. The molecule has 0 spiro atoms. The van der Waals surface area contributed by atoms with Crippen molar-refractivity contribution in [2.24, 2.45) is 9.98 Å². The van der Waals surface area contributed by atoms with Crippen LogP contribution in [0.4, 0.5) is 17.1 Å². The van der Waals surface area contributed by atoms with E-state index in [0.717, 1.165) is 64.4 Å². The number of aryl methyl sites for hydroxylation is 4. The zero-order valence-corrected chi connectivity index (χ0v) is 25.1. The number of nitro benzene ring substituents is 1. The summed E-state index contributed by atoms with van der Waals surface area (Å²) < 4.78 is 0. The van der Waals surface area contributed by atoms with Crippen molar-refractivity contribution < 1.29 is 4.92 Å². The quantitative estimate of drug-likeness (QED) is 0.103. The minimum absolute atomic E-state index is 0.0371. The number of amidine groups is 2. The fraction of sp³-hybridized carbons (Fsp3) is 0.235. The third-order valence-corrected chi connectivity index (χ3v) is 7.73. The van der Waals surface area contributed by atoms with E-state index >= 15 is 0 Å². The van der Waals surface area contributed by atoms with Gasteiger partial charge in [0.1, 0.15) is 11.7 Å². The average Bonchev–Trinajstić information content (AvgIpc) is 2.97. The van der Waals surface area contributed by atoms with Crippen molar-refractivity contribution in [1.29, 1.82) is 0 Å². The van der Waals surface area contributed by atoms with E-state index in [9.17, 15) is 10.1 Å². The first-order chi connectivity index (χ1) is 20.2. The summed E-state index contributed by atoms with van der Waals surface area (Å²) in [4.78, 5) is 25.9. The molecule has 42 heavy (non-hydrogen) atoms. The average molecular weight is 580 g/mol. The fourth-order valence-corrected chi connectivity index (χ4v) is 5.71. The van der Waals surface area contributed by atoms with E-state index in [2.05, 4.69) is 60.0 Å². The third kappa shape index (κ3) is 6.37. The molecule has 0 amide bonds. The Hall–Kier alpha value is -4.49. The molecule has 0 atom stereocenters. The molecule has 4 aromatic rings. The van der Waals surface area contributed by atoms with Crippen LogP contribution in [0.15, 0.2) is 94.9 Å². The summed E-state index contributed by atoms with van der Waals surface area (Å²) in [5.74, 6) is 1.60. The molecule has 0 unspecified atom stereocenters. The highest BCUT2D eigenvalue weighted by Crippen LogP contribution is 2.32.